The molecule has 0 aliphatic carbocycles. The van der Waals surface area contributed by atoms with E-state index in [0.29, 0.717) is 11.3 Å². The van der Waals surface area contributed by atoms with E-state index in [-0.39, 0.29) is 40.3 Å². The summed E-state index contributed by atoms with van der Waals surface area (Å²) in [6.45, 7) is -1.44. The first-order valence-corrected chi connectivity index (χ1v) is 9.13. The molecule has 0 atom stereocenters. The minimum Gasteiger partial charge on any atom is -0.484 e. The Morgan fingerprint density at radius 3 is 2.68 bits per heavy atom. The Labute approximate surface area is 179 Å². The molecule has 0 unspecified atom stereocenters. The molecule has 0 radical (unpaired) electrons. The zero-order valence-corrected chi connectivity index (χ0v) is 16.7. The molecule has 0 aliphatic heterocycles. The van der Waals surface area contributed by atoms with Gasteiger partial charge in [-0.05, 0) is 48.9 Å². The lowest BCUT2D eigenvalue weighted by Crippen LogP contribution is -2.12. The molecule has 3 aromatic rings. The zero-order chi connectivity index (χ0) is 22.5. The number of nitrogens with zero attached hydrogens (tertiary/aromatic N) is 1. The van der Waals surface area contributed by atoms with Crippen molar-refractivity contribution in [1.82, 2.24) is 0 Å². The molecule has 8 nitrogen and oxygen atoms in total. The highest BCUT2D eigenvalue weighted by Crippen LogP contribution is 2.30. The fourth-order valence-electron chi connectivity index (χ4n) is 2.58. The fourth-order valence-corrected chi connectivity index (χ4v) is 2.75. The Balaban J connectivity index is 1.64. The maximum absolute atomic E-state index is 12.4. The summed E-state index contributed by atoms with van der Waals surface area (Å²) in [6.07, 6.45) is 0. The normalized spacial score (nSPS) is 10.7. The standard InChI is InChI=1S/C20H15ClF2N2O6/c1-11-8-13(31-20(22)23)3-6-16(11)24-19(26)17-7-4-14(30-17)10-29-18-9-12(25(27)28)2-5-15(18)21/h2-9,20H,10H2,1H3,(H,24,26). The molecule has 0 bridgehead atoms. The Hall–Kier alpha value is -3.66. The lowest BCUT2D eigenvalue weighted by atomic mass is 10.2. The van der Waals surface area contributed by atoms with E-state index in [4.69, 9.17) is 20.8 Å². The Morgan fingerprint density at radius 2 is 2.00 bits per heavy atom. The molecule has 31 heavy (non-hydrogen) atoms. The van der Waals surface area contributed by atoms with E-state index in [1.165, 1.54) is 48.5 Å². The van der Waals surface area contributed by atoms with Gasteiger partial charge in [-0.15, -0.1) is 0 Å². The number of hydrogen-bond donors (Lipinski definition) is 1. The molecule has 0 spiro atoms. The van der Waals surface area contributed by atoms with Crippen LogP contribution in [-0.4, -0.2) is 17.4 Å². The number of nitro groups is 1. The molecule has 162 valence electrons. The molecule has 0 aliphatic rings. The number of nitrogens with one attached hydrogen (secondary N) is 1. The van der Waals surface area contributed by atoms with Gasteiger partial charge in [0.15, 0.2) is 5.76 Å². The molecule has 1 heterocycles. The van der Waals surface area contributed by atoms with Crippen molar-refractivity contribution in [3.63, 3.8) is 0 Å². The fraction of sp³-hybridized carbons (Fsp3) is 0.150. The van der Waals surface area contributed by atoms with Gasteiger partial charge in [0.2, 0.25) is 0 Å². The van der Waals surface area contributed by atoms with Gasteiger partial charge in [0.1, 0.15) is 23.9 Å². The van der Waals surface area contributed by atoms with Gasteiger partial charge in [0.05, 0.1) is 16.0 Å². The first-order chi connectivity index (χ1) is 14.7. The largest absolute Gasteiger partial charge is 0.484 e. The van der Waals surface area contributed by atoms with Crippen molar-refractivity contribution >= 4 is 28.9 Å². The second kappa shape index (κ2) is 9.43. The Bertz CT molecular complexity index is 1120. The lowest BCUT2D eigenvalue weighted by Gasteiger charge is -2.10. The number of ether oxygens (including phenoxy) is 2. The van der Waals surface area contributed by atoms with Crippen LogP contribution in [0.2, 0.25) is 5.02 Å². The minimum atomic E-state index is -2.94. The summed E-state index contributed by atoms with van der Waals surface area (Å²) in [6, 6.07) is 10.8. The monoisotopic (exact) mass is 452 g/mol. The molecule has 0 saturated carbocycles. The molecule has 1 N–H and O–H groups in total. The summed E-state index contributed by atoms with van der Waals surface area (Å²) < 4.78 is 39.8. The van der Waals surface area contributed by atoms with Crippen molar-refractivity contribution in [3.8, 4) is 11.5 Å². The van der Waals surface area contributed by atoms with E-state index in [0.717, 1.165) is 0 Å². The topological polar surface area (TPSA) is 104 Å². The second-order valence-electron chi connectivity index (χ2n) is 6.24. The summed E-state index contributed by atoms with van der Waals surface area (Å²) in [4.78, 5) is 22.7. The number of hydrogen-bond acceptors (Lipinski definition) is 6. The van der Waals surface area contributed by atoms with Gasteiger partial charge in [0.25, 0.3) is 11.6 Å². The number of alkyl halides is 2. The maximum Gasteiger partial charge on any atom is 0.387 e. The summed E-state index contributed by atoms with van der Waals surface area (Å²) in [5.74, 6) is -0.228. The highest BCUT2D eigenvalue weighted by Gasteiger charge is 2.15. The number of nitro benzene ring substituents is 1. The smallest absolute Gasteiger partial charge is 0.387 e. The summed E-state index contributed by atoms with van der Waals surface area (Å²) in [5.41, 5.74) is 0.727. The van der Waals surface area contributed by atoms with Crippen molar-refractivity contribution in [1.29, 1.82) is 0 Å². The first-order valence-electron chi connectivity index (χ1n) is 8.75. The Morgan fingerprint density at radius 1 is 1.23 bits per heavy atom. The van der Waals surface area contributed by atoms with Crippen LogP contribution in [0.1, 0.15) is 21.9 Å². The first kappa shape index (κ1) is 22.0. The van der Waals surface area contributed by atoms with Gasteiger partial charge in [-0.3, -0.25) is 14.9 Å². The Kier molecular flexibility index (Phi) is 6.71. The molecule has 3 rings (SSSR count). The molecule has 2 aromatic carbocycles. The lowest BCUT2D eigenvalue weighted by molar-refractivity contribution is -0.384. The van der Waals surface area contributed by atoms with Crippen molar-refractivity contribution in [2.75, 3.05) is 5.32 Å². The number of halogens is 3. The van der Waals surface area contributed by atoms with Crippen LogP contribution in [0.3, 0.4) is 0 Å². The van der Waals surface area contributed by atoms with Crippen LogP contribution in [-0.2, 0) is 6.61 Å². The minimum absolute atomic E-state index is 0.0175. The zero-order valence-electron chi connectivity index (χ0n) is 15.9. The third kappa shape index (κ3) is 5.70. The summed E-state index contributed by atoms with van der Waals surface area (Å²) in [7, 11) is 0. The van der Waals surface area contributed by atoms with E-state index in [2.05, 4.69) is 10.1 Å². The van der Waals surface area contributed by atoms with Crippen molar-refractivity contribution in [3.05, 3.63) is 80.8 Å². The molecule has 0 saturated heterocycles. The van der Waals surface area contributed by atoms with Crippen LogP contribution in [0.4, 0.5) is 20.2 Å². The van der Waals surface area contributed by atoms with Crippen LogP contribution in [0, 0.1) is 17.0 Å². The van der Waals surface area contributed by atoms with Gasteiger partial charge in [-0.1, -0.05) is 11.6 Å². The SMILES string of the molecule is Cc1cc(OC(F)F)ccc1NC(=O)c1ccc(COc2cc([N+](=O)[O-])ccc2Cl)o1. The van der Waals surface area contributed by atoms with Gasteiger partial charge in [-0.2, -0.15) is 8.78 Å². The van der Waals surface area contributed by atoms with Crippen LogP contribution < -0.4 is 14.8 Å². The van der Waals surface area contributed by atoms with E-state index >= 15 is 0 Å². The number of carbonyl (C=O) groups excluding carboxylic acids is 1. The number of benzene rings is 2. The second-order valence-corrected chi connectivity index (χ2v) is 6.64. The maximum atomic E-state index is 12.4. The molecular formula is C20H15ClF2N2O6. The number of carbonyl (C=O) groups is 1. The highest BCUT2D eigenvalue weighted by atomic mass is 35.5. The van der Waals surface area contributed by atoms with E-state index in [9.17, 15) is 23.7 Å². The average molecular weight is 453 g/mol. The third-order valence-electron chi connectivity index (χ3n) is 4.05. The quantitative estimate of drug-likeness (QED) is 0.353. The molecule has 1 amide bonds. The molecule has 1 aromatic heterocycles. The number of anilines is 1. The highest BCUT2D eigenvalue weighted by molar-refractivity contribution is 6.32. The number of non-ortho nitro benzene ring substituents is 1. The van der Waals surface area contributed by atoms with Crippen LogP contribution in [0.25, 0.3) is 0 Å². The van der Waals surface area contributed by atoms with E-state index in [1.807, 2.05) is 0 Å². The van der Waals surface area contributed by atoms with Crippen LogP contribution >= 0.6 is 11.6 Å². The van der Waals surface area contributed by atoms with Gasteiger partial charge < -0.3 is 19.2 Å². The number of amides is 1. The van der Waals surface area contributed by atoms with Crippen molar-refractivity contribution < 1.29 is 32.4 Å². The van der Waals surface area contributed by atoms with E-state index in [1.54, 1.807) is 6.92 Å². The molecule has 0 fully saturated rings. The average Bonchev–Trinajstić information content (AvgIpc) is 3.18. The van der Waals surface area contributed by atoms with Crippen molar-refractivity contribution in [2.45, 2.75) is 20.1 Å². The number of rotatable bonds is 8. The summed E-state index contributed by atoms with van der Waals surface area (Å²) in [5, 5.41) is 13.7. The van der Waals surface area contributed by atoms with Crippen LogP contribution in [0.5, 0.6) is 11.5 Å². The molecule has 11 heteroatoms. The number of aryl methyl sites for hydroxylation is 1. The van der Waals surface area contributed by atoms with Gasteiger partial charge in [-0.25, -0.2) is 0 Å². The van der Waals surface area contributed by atoms with Crippen molar-refractivity contribution in [2.24, 2.45) is 0 Å². The summed E-state index contributed by atoms with van der Waals surface area (Å²) >= 11 is 5.97. The predicted octanol–water partition coefficient (Wildman–Crippen LogP) is 5.58. The van der Waals surface area contributed by atoms with Gasteiger partial charge >= 0.3 is 6.61 Å². The van der Waals surface area contributed by atoms with Gasteiger partial charge in [0, 0.05) is 11.8 Å². The predicted molar refractivity (Wildman–Crippen MR) is 107 cm³/mol. The number of furan rings is 1. The van der Waals surface area contributed by atoms with Crippen LogP contribution in [0.15, 0.2) is 52.9 Å². The third-order valence-corrected chi connectivity index (χ3v) is 4.36. The van der Waals surface area contributed by atoms with E-state index < -0.39 is 17.4 Å². The molecular weight excluding hydrogens is 438 g/mol.